The van der Waals surface area contributed by atoms with E-state index in [4.69, 9.17) is 4.74 Å². The Balaban J connectivity index is 2.10. The first-order valence-electron chi connectivity index (χ1n) is 8.33. The van der Waals surface area contributed by atoms with Gasteiger partial charge in [-0.2, -0.15) is 0 Å². The Morgan fingerprint density at radius 1 is 1.08 bits per heavy atom. The molecule has 1 aromatic heterocycles. The molecule has 3 aromatic rings. The predicted molar refractivity (Wildman–Crippen MR) is 104 cm³/mol. The molecule has 0 saturated carbocycles. The summed E-state index contributed by atoms with van der Waals surface area (Å²) in [7, 11) is 1.39. The number of carbonyl (C=O) groups is 1. The monoisotopic (exact) mass is 367 g/mol. The highest BCUT2D eigenvalue weighted by Crippen LogP contribution is 2.30. The standard InChI is InChI=1S/C20H21N3O2S/c1-13-8-10-17(11-9-13)23-18(16-7-5-6-14(2)12-16)21-22-20(23)26-15(3)19(24)25-4/h5-12,15H,1-4H3. The SMILES string of the molecule is COC(=O)C(C)Sc1nnc(-c2cccc(C)c2)n1-c1ccc(C)cc1. The highest BCUT2D eigenvalue weighted by Gasteiger charge is 2.22. The second-order valence-electron chi connectivity index (χ2n) is 6.13. The van der Waals surface area contributed by atoms with Crippen molar-refractivity contribution in [2.45, 2.75) is 31.2 Å². The minimum absolute atomic E-state index is 0.287. The number of aryl methyl sites for hydroxylation is 2. The van der Waals surface area contributed by atoms with Crippen LogP contribution in [-0.4, -0.2) is 33.1 Å². The molecule has 0 bridgehead atoms. The van der Waals surface area contributed by atoms with Gasteiger partial charge >= 0.3 is 5.97 Å². The van der Waals surface area contributed by atoms with Crippen LogP contribution in [-0.2, 0) is 9.53 Å². The Kier molecular flexibility index (Phi) is 5.42. The van der Waals surface area contributed by atoms with Gasteiger partial charge in [0.25, 0.3) is 0 Å². The van der Waals surface area contributed by atoms with Gasteiger partial charge in [0.15, 0.2) is 11.0 Å². The van der Waals surface area contributed by atoms with Gasteiger partial charge in [-0.3, -0.25) is 9.36 Å². The lowest BCUT2D eigenvalue weighted by atomic mass is 10.1. The zero-order valence-electron chi connectivity index (χ0n) is 15.3. The average molecular weight is 367 g/mol. The maximum atomic E-state index is 11.8. The van der Waals surface area contributed by atoms with E-state index in [1.54, 1.807) is 6.92 Å². The molecule has 0 spiro atoms. The molecule has 0 aliphatic heterocycles. The van der Waals surface area contributed by atoms with Gasteiger partial charge in [-0.25, -0.2) is 0 Å². The van der Waals surface area contributed by atoms with Crippen LogP contribution in [0, 0.1) is 13.8 Å². The summed E-state index contributed by atoms with van der Waals surface area (Å²) in [6.45, 7) is 5.90. The Bertz CT molecular complexity index is 919. The van der Waals surface area contributed by atoms with Crippen LogP contribution in [0.3, 0.4) is 0 Å². The minimum atomic E-state index is -0.376. The van der Waals surface area contributed by atoms with E-state index in [-0.39, 0.29) is 11.2 Å². The number of carbonyl (C=O) groups excluding carboxylic acids is 1. The predicted octanol–water partition coefficient (Wildman–Crippen LogP) is 4.20. The second-order valence-corrected chi connectivity index (χ2v) is 7.44. The summed E-state index contributed by atoms with van der Waals surface area (Å²) < 4.78 is 6.82. The van der Waals surface area contributed by atoms with Crippen molar-refractivity contribution in [3.05, 3.63) is 59.7 Å². The lowest BCUT2D eigenvalue weighted by molar-refractivity contribution is -0.139. The van der Waals surface area contributed by atoms with E-state index in [1.807, 2.05) is 60.9 Å². The number of ether oxygens (including phenoxy) is 1. The molecule has 0 saturated heterocycles. The molecule has 1 heterocycles. The van der Waals surface area contributed by atoms with Crippen LogP contribution in [0.5, 0.6) is 0 Å². The zero-order chi connectivity index (χ0) is 18.7. The third kappa shape index (κ3) is 3.80. The van der Waals surface area contributed by atoms with E-state index in [9.17, 15) is 4.79 Å². The summed E-state index contributed by atoms with van der Waals surface area (Å²) in [5.74, 6) is 0.461. The molecule has 1 atom stereocenters. The van der Waals surface area contributed by atoms with Crippen molar-refractivity contribution in [2.75, 3.05) is 7.11 Å². The van der Waals surface area contributed by atoms with Crippen molar-refractivity contribution in [3.63, 3.8) is 0 Å². The van der Waals surface area contributed by atoms with Crippen molar-refractivity contribution >= 4 is 17.7 Å². The molecule has 3 rings (SSSR count). The molecular formula is C20H21N3O2S. The number of hydrogen-bond acceptors (Lipinski definition) is 5. The molecule has 0 N–H and O–H groups in total. The van der Waals surface area contributed by atoms with Crippen LogP contribution in [0.2, 0.25) is 0 Å². The van der Waals surface area contributed by atoms with Gasteiger partial charge in [0, 0.05) is 11.3 Å². The van der Waals surface area contributed by atoms with Gasteiger partial charge in [0.2, 0.25) is 0 Å². The number of nitrogens with zero attached hydrogens (tertiary/aromatic N) is 3. The first-order chi connectivity index (χ1) is 12.5. The fourth-order valence-corrected chi connectivity index (χ4v) is 3.51. The summed E-state index contributed by atoms with van der Waals surface area (Å²) in [6, 6.07) is 16.3. The lowest BCUT2D eigenvalue weighted by Crippen LogP contribution is -2.15. The first-order valence-corrected chi connectivity index (χ1v) is 9.21. The van der Waals surface area contributed by atoms with Crippen molar-refractivity contribution < 1.29 is 9.53 Å². The number of hydrogen-bond donors (Lipinski definition) is 0. The number of esters is 1. The molecule has 0 aliphatic carbocycles. The van der Waals surface area contributed by atoms with E-state index >= 15 is 0 Å². The Morgan fingerprint density at radius 2 is 1.81 bits per heavy atom. The van der Waals surface area contributed by atoms with Gasteiger partial charge in [-0.1, -0.05) is 53.2 Å². The Labute approximate surface area is 157 Å². The number of rotatable bonds is 5. The lowest BCUT2D eigenvalue weighted by Gasteiger charge is -2.13. The molecule has 2 aromatic carbocycles. The van der Waals surface area contributed by atoms with Crippen molar-refractivity contribution in [2.24, 2.45) is 0 Å². The molecule has 134 valence electrons. The summed E-state index contributed by atoms with van der Waals surface area (Å²) in [6.07, 6.45) is 0. The summed E-state index contributed by atoms with van der Waals surface area (Å²) in [5, 5.41) is 9.03. The number of benzene rings is 2. The van der Waals surface area contributed by atoms with E-state index in [1.165, 1.54) is 24.4 Å². The number of methoxy groups -OCH3 is 1. The van der Waals surface area contributed by atoms with Gasteiger partial charge < -0.3 is 4.74 Å². The van der Waals surface area contributed by atoms with Crippen LogP contribution in [0.25, 0.3) is 17.1 Å². The normalized spacial score (nSPS) is 12.0. The van der Waals surface area contributed by atoms with E-state index in [2.05, 4.69) is 16.3 Å². The molecule has 0 aliphatic rings. The highest BCUT2D eigenvalue weighted by molar-refractivity contribution is 8.00. The maximum Gasteiger partial charge on any atom is 0.318 e. The third-order valence-corrected chi connectivity index (χ3v) is 5.04. The van der Waals surface area contributed by atoms with Gasteiger partial charge in [0.05, 0.1) is 7.11 Å². The van der Waals surface area contributed by atoms with E-state index in [0.717, 1.165) is 22.6 Å². The summed E-state index contributed by atoms with van der Waals surface area (Å²) >= 11 is 1.34. The van der Waals surface area contributed by atoms with Crippen LogP contribution < -0.4 is 0 Å². The van der Waals surface area contributed by atoms with Crippen LogP contribution in [0.1, 0.15) is 18.1 Å². The molecular weight excluding hydrogens is 346 g/mol. The second kappa shape index (κ2) is 7.74. The van der Waals surface area contributed by atoms with Crippen LogP contribution in [0.15, 0.2) is 53.7 Å². The third-order valence-electron chi connectivity index (χ3n) is 4.02. The van der Waals surface area contributed by atoms with E-state index < -0.39 is 0 Å². The number of aromatic nitrogens is 3. The highest BCUT2D eigenvalue weighted by atomic mass is 32.2. The zero-order valence-corrected chi connectivity index (χ0v) is 16.1. The van der Waals surface area contributed by atoms with Crippen molar-refractivity contribution in [1.29, 1.82) is 0 Å². The molecule has 5 nitrogen and oxygen atoms in total. The molecule has 26 heavy (non-hydrogen) atoms. The van der Waals surface area contributed by atoms with Crippen LogP contribution in [0.4, 0.5) is 0 Å². The Hall–Kier alpha value is -2.60. The molecule has 0 radical (unpaired) electrons. The quantitative estimate of drug-likeness (QED) is 0.499. The largest absolute Gasteiger partial charge is 0.468 e. The molecule has 0 fully saturated rings. The maximum absolute atomic E-state index is 11.8. The molecule has 1 unspecified atom stereocenters. The van der Waals surface area contributed by atoms with Gasteiger partial charge in [-0.15, -0.1) is 10.2 Å². The van der Waals surface area contributed by atoms with Gasteiger partial charge in [-0.05, 0) is 39.0 Å². The summed E-state index contributed by atoms with van der Waals surface area (Å²) in [5.41, 5.74) is 4.27. The van der Waals surface area contributed by atoms with Crippen LogP contribution >= 0.6 is 11.8 Å². The fourth-order valence-electron chi connectivity index (χ4n) is 2.62. The smallest absolute Gasteiger partial charge is 0.318 e. The Morgan fingerprint density at radius 3 is 2.46 bits per heavy atom. The van der Waals surface area contributed by atoms with Crippen molar-refractivity contribution in [1.82, 2.24) is 14.8 Å². The minimum Gasteiger partial charge on any atom is -0.468 e. The fraction of sp³-hybridized carbons (Fsp3) is 0.250. The van der Waals surface area contributed by atoms with Gasteiger partial charge in [0.1, 0.15) is 5.25 Å². The van der Waals surface area contributed by atoms with Crippen molar-refractivity contribution in [3.8, 4) is 17.1 Å². The average Bonchev–Trinajstić information content (AvgIpc) is 3.05. The van der Waals surface area contributed by atoms with E-state index in [0.29, 0.717) is 5.16 Å². The number of thioether (sulfide) groups is 1. The molecule has 0 amide bonds. The molecule has 6 heteroatoms. The summed E-state index contributed by atoms with van der Waals surface area (Å²) in [4.78, 5) is 11.8. The topological polar surface area (TPSA) is 57.0 Å². The first kappa shape index (κ1) is 18.2.